The molecule has 4 N–H and O–H groups in total. The van der Waals surface area contributed by atoms with E-state index in [1.807, 2.05) is 39.0 Å². The maximum atomic E-state index is 12.2. The minimum Gasteiger partial charge on any atom is -0.396 e. The number of nitrogens with zero attached hydrogens (tertiary/aromatic N) is 2. The van der Waals surface area contributed by atoms with Crippen LogP contribution in [0.3, 0.4) is 0 Å². The second kappa shape index (κ2) is 6.70. The molecule has 0 saturated carbocycles. The van der Waals surface area contributed by atoms with Gasteiger partial charge in [-0.25, -0.2) is 9.97 Å². The van der Waals surface area contributed by atoms with E-state index in [-0.39, 0.29) is 24.5 Å². The number of anilines is 1. The van der Waals surface area contributed by atoms with Crippen LogP contribution in [0.15, 0.2) is 18.2 Å². The highest BCUT2D eigenvalue weighted by atomic mass is 16.3. The van der Waals surface area contributed by atoms with Crippen LogP contribution in [-0.4, -0.2) is 39.9 Å². The lowest BCUT2D eigenvalue weighted by Gasteiger charge is -2.35. The number of aliphatic hydroxyl groups is 1. The Labute approximate surface area is 140 Å². The Hall–Kier alpha value is -2.25. The molecule has 7 nitrogen and oxygen atoms in total. The molecule has 2 heterocycles. The predicted molar refractivity (Wildman–Crippen MR) is 92.4 cm³/mol. The van der Waals surface area contributed by atoms with E-state index in [4.69, 9.17) is 5.11 Å². The highest BCUT2D eigenvalue weighted by molar-refractivity contribution is 5.83. The molecule has 1 aromatic carbocycles. The normalized spacial score (nSPS) is 24.0. The molecular weight excluding hydrogens is 306 g/mol. The summed E-state index contributed by atoms with van der Waals surface area (Å²) in [5, 5.41) is 19.3. The standard InChI is InChI=1S/C17H23N5O2/c1-9-4-5-12-10(2)18-16(20-14(12)8-9)22-17-19-11(3)13(6-7-23)15(24)21-17/h4-5,8,11,13,17,19,23H,6-7H2,1-3H3,(H,21,24)(H,18,20,22). The number of hydrogen-bond acceptors (Lipinski definition) is 6. The van der Waals surface area contributed by atoms with Crippen LogP contribution in [0.5, 0.6) is 0 Å². The first-order valence-corrected chi connectivity index (χ1v) is 8.17. The topological polar surface area (TPSA) is 99.2 Å². The predicted octanol–water partition coefficient (Wildman–Crippen LogP) is 1.05. The molecule has 0 aliphatic carbocycles. The van der Waals surface area contributed by atoms with Gasteiger partial charge in [0.25, 0.3) is 0 Å². The van der Waals surface area contributed by atoms with E-state index in [9.17, 15) is 4.79 Å². The molecule has 0 radical (unpaired) electrons. The van der Waals surface area contributed by atoms with Crippen molar-refractivity contribution >= 4 is 22.8 Å². The quantitative estimate of drug-likeness (QED) is 0.669. The van der Waals surface area contributed by atoms with Crippen LogP contribution in [0.25, 0.3) is 10.9 Å². The van der Waals surface area contributed by atoms with E-state index in [1.165, 1.54) is 0 Å². The number of amides is 1. The van der Waals surface area contributed by atoms with Gasteiger partial charge in [0.15, 0.2) is 6.29 Å². The summed E-state index contributed by atoms with van der Waals surface area (Å²) in [7, 11) is 0. The number of aliphatic hydroxyl groups excluding tert-OH is 1. The molecule has 2 aromatic rings. The summed E-state index contributed by atoms with van der Waals surface area (Å²) in [5.41, 5.74) is 2.89. The van der Waals surface area contributed by atoms with Gasteiger partial charge < -0.3 is 15.7 Å². The average molecular weight is 329 g/mol. The lowest BCUT2D eigenvalue weighted by Crippen LogP contribution is -2.63. The summed E-state index contributed by atoms with van der Waals surface area (Å²) in [6.07, 6.45) is 0.00140. The second-order valence-electron chi connectivity index (χ2n) is 6.31. The summed E-state index contributed by atoms with van der Waals surface area (Å²) >= 11 is 0. The Bertz CT molecular complexity index is 764. The number of fused-ring (bicyclic) bond motifs is 1. The van der Waals surface area contributed by atoms with Crippen LogP contribution in [-0.2, 0) is 4.79 Å². The Morgan fingerprint density at radius 2 is 2.08 bits per heavy atom. The molecule has 1 fully saturated rings. The number of aryl methyl sites for hydroxylation is 2. The van der Waals surface area contributed by atoms with Crippen molar-refractivity contribution in [2.45, 2.75) is 39.5 Å². The van der Waals surface area contributed by atoms with Gasteiger partial charge in [-0.3, -0.25) is 10.1 Å². The SMILES string of the molecule is Cc1ccc2c(C)nc(NC3NC(=O)C(CCO)C(C)N3)nc2c1. The highest BCUT2D eigenvalue weighted by Gasteiger charge is 2.33. The van der Waals surface area contributed by atoms with Gasteiger partial charge in [0.2, 0.25) is 11.9 Å². The molecule has 1 aliphatic rings. The summed E-state index contributed by atoms with van der Waals surface area (Å²) in [4.78, 5) is 21.2. The Morgan fingerprint density at radius 3 is 2.79 bits per heavy atom. The van der Waals surface area contributed by atoms with Gasteiger partial charge in [-0.05, 0) is 38.8 Å². The average Bonchev–Trinajstić information content (AvgIpc) is 2.50. The molecule has 0 bridgehead atoms. The molecule has 1 amide bonds. The fourth-order valence-electron chi connectivity index (χ4n) is 3.09. The van der Waals surface area contributed by atoms with Crippen molar-refractivity contribution in [3.8, 4) is 0 Å². The van der Waals surface area contributed by atoms with Gasteiger partial charge in [-0.15, -0.1) is 0 Å². The molecule has 1 saturated heterocycles. The zero-order valence-electron chi connectivity index (χ0n) is 14.1. The molecule has 3 rings (SSSR count). The number of aromatic nitrogens is 2. The molecule has 24 heavy (non-hydrogen) atoms. The third kappa shape index (κ3) is 3.32. The van der Waals surface area contributed by atoms with Crippen molar-refractivity contribution in [1.29, 1.82) is 0 Å². The van der Waals surface area contributed by atoms with E-state index in [0.29, 0.717) is 12.4 Å². The third-order valence-electron chi connectivity index (χ3n) is 4.41. The van der Waals surface area contributed by atoms with Crippen molar-refractivity contribution in [3.05, 3.63) is 29.5 Å². The van der Waals surface area contributed by atoms with E-state index in [1.54, 1.807) is 0 Å². The van der Waals surface area contributed by atoms with Gasteiger partial charge in [-0.2, -0.15) is 0 Å². The van der Waals surface area contributed by atoms with Gasteiger partial charge >= 0.3 is 0 Å². The molecular formula is C17H23N5O2. The first-order chi connectivity index (χ1) is 11.5. The molecule has 1 aromatic heterocycles. The Balaban J connectivity index is 1.79. The van der Waals surface area contributed by atoms with Crippen molar-refractivity contribution in [2.75, 3.05) is 11.9 Å². The molecule has 128 valence electrons. The third-order valence-corrected chi connectivity index (χ3v) is 4.41. The number of hydrogen-bond donors (Lipinski definition) is 4. The number of carbonyl (C=O) groups is 1. The smallest absolute Gasteiger partial charge is 0.227 e. The lowest BCUT2D eigenvalue weighted by atomic mass is 9.95. The largest absolute Gasteiger partial charge is 0.396 e. The minimum absolute atomic E-state index is 0.00542. The van der Waals surface area contributed by atoms with Crippen molar-refractivity contribution in [1.82, 2.24) is 20.6 Å². The summed E-state index contributed by atoms with van der Waals surface area (Å²) in [6, 6.07) is 6.03. The molecule has 3 atom stereocenters. The fourth-order valence-corrected chi connectivity index (χ4v) is 3.09. The van der Waals surface area contributed by atoms with Gasteiger partial charge in [0.1, 0.15) is 0 Å². The second-order valence-corrected chi connectivity index (χ2v) is 6.31. The lowest BCUT2D eigenvalue weighted by molar-refractivity contribution is -0.129. The van der Waals surface area contributed by atoms with Crippen LogP contribution in [0.1, 0.15) is 24.6 Å². The van der Waals surface area contributed by atoms with E-state index in [2.05, 4.69) is 25.9 Å². The zero-order valence-corrected chi connectivity index (χ0v) is 14.1. The van der Waals surface area contributed by atoms with Crippen LogP contribution < -0.4 is 16.0 Å². The van der Waals surface area contributed by atoms with Crippen molar-refractivity contribution in [2.24, 2.45) is 5.92 Å². The fraction of sp³-hybridized carbons (Fsp3) is 0.471. The summed E-state index contributed by atoms with van der Waals surface area (Å²) < 4.78 is 0. The van der Waals surface area contributed by atoms with Crippen LogP contribution >= 0.6 is 0 Å². The van der Waals surface area contributed by atoms with Gasteiger partial charge in [0.05, 0.1) is 17.1 Å². The minimum atomic E-state index is -0.441. The molecule has 7 heteroatoms. The zero-order chi connectivity index (χ0) is 17.3. The van der Waals surface area contributed by atoms with Crippen molar-refractivity contribution < 1.29 is 9.90 Å². The van der Waals surface area contributed by atoms with Crippen LogP contribution in [0, 0.1) is 19.8 Å². The van der Waals surface area contributed by atoms with E-state index >= 15 is 0 Å². The van der Waals surface area contributed by atoms with E-state index in [0.717, 1.165) is 22.2 Å². The monoisotopic (exact) mass is 329 g/mol. The number of rotatable bonds is 4. The first-order valence-electron chi connectivity index (χ1n) is 8.17. The number of carbonyl (C=O) groups excluding carboxylic acids is 1. The molecule has 1 aliphatic heterocycles. The number of nitrogens with one attached hydrogen (secondary N) is 3. The Morgan fingerprint density at radius 1 is 1.29 bits per heavy atom. The maximum Gasteiger partial charge on any atom is 0.227 e. The number of benzene rings is 1. The first kappa shape index (κ1) is 16.6. The summed E-state index contributed by atoms with van der Waals surface area (Å²) in [5.74, 6) is 0.146. The van der Waals surface area contributed by atoms with Gasteiger partial charge in [0, 0.05) is 18.0 Å². The van der Waals surface area contributed by atoms with Crippen LogP contribution in [0.4, 0.5) is 5.95 Å². The highest BCUT2D eigenvalue weighted by Crippen LogP contribution is 2.19. The Kier molecular flexibility index (Phi) is 4.64. The van der Waals surface area contributed by atoms with E-state index < -0.39 is 6.29 Å². The molecule has 0 spiro atoms. The van der Waals surface area contributed by atoms with Crippen LogP contribution in [0.2, 0.25) is 0 Å². The summed E-state index contributed by atoms with van der Waals surface area (Å²) in [6.45, 7) is 5.89. The maximum absolute atomic E-state index is 12.2. The van der Waals surface area contributed by atoms with Crippen molar-refractivity contribution in [3.63, 3.8) is 0 Å². The van der Waals surface area contributed by atoms with Gasteiger partial charge in [-0.1, -0.05) is 12.1 Å². The molecule has 3 unspecified atom stereocenters.